The second kappa shape index (κ2) is 5.40. The number of piperidine rings is 2. The lowest BCUT2D eigenvalue weighted by Crippen LogP contribution is -2.52. The molecule has 0 aliphatic carbocycles. The highest BCUT2D eigenvalue weighted by molar-refractivity contribution is 5.94. The van der Waals surface area contributed by atoms with Crippen LogP contribution in [-0.2, 0) is 0 Å². The summed E-state index contributed by atoms with van der Waals surface area (Å²) in [6.07, 6.45) is 6.11. The summed E-state index contributed by atoms with van der Waals surface area (Å²) in [6, 6.07) is 3.15. The van der Waals surface area contributed by atoms with Crippen molar-refractivity contribution in [3.05, 3.63) is 24.0 Å². The zero-order valence-corrected chi connectivity index (χ0v) is 11.6. The molecule has 5 nitrogen and oxygen atoms in total. The summed E-state index contributed by atoms with van der Waals surface area (Å²) in [5.74, 6) is -0.174. The number of hydrogen-bond donors (Lipinski definition) is 2. The molecular formula is C15H21N3O2. The SMILES string of the molecule is O=C(c1ncccc1O)N1CCCC2(CCCNC2)C1. The van der Waals surface area contributed by atoms with Gasteiger partial charge in [0.1, 0.15) is 5.75 Å². The molecule has 1 amide bonds. The van der Waals surface area contributed by atoms with Gasteiger partial charge in [-0.25, -0.2) is 4.98 Å². The summed E-state index contributed by atoms with van der Waals surface area (Å²) in [6.45, 7) is 3.60. The van der Waals surface area contributed by atoms with Gasteiger partial charge in [0.15, 0.2) is 5.69 Å². The first-order valence-electron chi connectivity index (χ1n) is 7.34. The number of nitrogens with zero attached hydrogens (tertiary/aromatic N) is 2. The Kier molecular flexibility index (Phi) is 3.61. The number of amides is 1. The molecular weight excluding hydrogens is 254 g/mol. The van der Waals surface area contributed by atoms with Crippen molar-refractivity contribution in [1.29, 1.82) is 0 Å². The van der Waals surface area contributed by atoms with Crippen molar-refractivity contribution >= 4 is 5.91 Å². The number of pyridine rings is 1. The van der Waals surface area contributed by atoms with Crippen LogP contribution in [0.15, 0.2) is 18.3 Å². The minimum atomic E-state index is -0.146. The lowest BCUT2D eigenvalue weighted by atomic mass is 9.74. The summed E-state index contributed by atoms with van der Waals surface area (Å²) in [7, 11) is 0. The summed E-state index contributed by atoms with van der Waals surface area (Å²) in [5, 5.41) is 13.2. The van der Waals surface area contributed by atoms with Gasteiger partial charge in [-0.1, -0.05) is 0 Å². The van der Waals surface area contributed by atoms with Gasteiger partial charge in [-0.3, -0.25) is 4.79 Å². The third-order valence-corrected chi connectivity index (χ3v) is 4.50. The van der Waals surface area contributed by atoms with Gasteiger partial charge in [-0.05, 0) is 44.4 Å². The fourth-order valence-corrected chi connectivity index (χ4v) is 3.47. The van der Waals surface area contributed by atoms with Crippen LogP contribution in [0.5, 0.6) is 5.75 Å². The van der Waals surface area contributed by atoms with E-state index in [1.807, 2.05) is 4.90 Å². The van der Waals surface area contributed by atoms with E-state index in [0.717, 1.165) is 32.6 Å². The maximum Gasteiger partial charge on any atom is 0.276 e. The number of nitrogens with one attached hydrogen (secondary N) is 1. The van der Waals surface area contributed by atoms with Crippen LogP contribution in [-0.4, -0.2) is 47.1 Å². The van der Waals surface area contributed by atoms with Crippen molar-refractivity contribution in [2.45, 2.75) is 25.7 Å². The number of carbonyl (C=O) groups excluding carboxylic acids is 1. The quantitative estimate of drug-likeness (QED) is 0.813. The highest BCUT2D eigenvalue weighted by Crippen LogP contribution is 2.36. The van der Waals surface area contributed by atoms with Gasteiger partial charge < -0.3 is 15.3 Å². The monoisotopic (exact) mass is 275 g/mol. The largest absolute Gasteiger partial charge is 0.505 e. The van der Waals surface area contributed by atoms with Crippen LogP contribution in [0.2, 0.25) is 0 Å². The normalized spacial score (nSPS) is 26.7. The number of likely N-dealkylation sites (tertiary alicyclic amines) is 1. The molecule has 1 atom stereocenters. The standard InChI is InChI=1S/C15H21N3O2/c19-12-4-1-8-17-13(12)14(20)18-9-3-6-15(11-18)5-2-7-16-10-15/h1,4,8,16,19H,2-3,5-7,9-11H2. The molecule has 1 unspecified atom stereocenters. The van der Waals surface area contributed by atoms with Crippen molar-refractivity contribution in [2.24, 2.45) is 5.41 Å². The maximum absolute atomic E-state index is 12.5. The number of rotatable bonds is 1. The smallest absolute Gasteiger partial charge is 0.276 e. The van der Waals surface area contributed by atoms with Crippen molar-refractivity contribution in [2.75, 3.05) is 26.2 Å². The Morgan fingerprint density at radius 2 is 2.25 bits per heavy atom. The van der Waals surface area contributed by atoms with Crippen LogP contribution < -0.4 is 5.32 Å². The molecule has 2 N–H and O–H groups in total. The molecule has 2 aliphatic heterocycles. The van der Waals surface area contributed by atoms with Gasteiger partial charge in [0.2, 0.25) is 0 Å². The summed E-state index contributed by atoms with van der Waals surface area (Å²) < 4.78 is 0. The number of carbonyl (C=O) groups is 1. The Morgan fingerprint density at radius 3 is 3.00 bits per heavy atom. The van der Waals surface area contributed by atoms with Gasteiger partial charge in [0.05, 0.1) is 0 Å². The van der Waals surface area contributed by atoms with Crippen LogP contribution in [0, 0.1) is 5.41 Å². The van der Waals surface area contributed by atoms with E-state index in [0.29, 0.717) is 0 Å². The van der Waals surface area contributed by atoms with E-state index in [4.69, 9.17) is 0 Å². The van der Waals surface area contributed by atoms with Crippen LogP contribution in [0.3, 0.4) is 0 Å². The van der Waals surface area contributed by atoms with E-state index >= 15 is 0 Å². The Hall–Kier alpha value is -1.62. The third-order valence-electron chi connectivity index (χ3n) is 4.50. The van der Waals surface area contributed by atoms with E-state index in [1.165, 1.54) is 25.3 Å². The summed E-state index contributed by atoms with van der Waals surface area (Å²) in [4.78, 5) is 18.4. The number of hydrogen-bond acceptors (Lipinski definition) is 4. The highest BCUT2D eigenvalue weighted by atomic mass is 16.3. The van der Waals surface area contributed by atoms with Gasteiger partial charge in [-0.15, -0.1) is 0 Å². The Labute approximate surface area is 119 Å². The molecule has 0 radical (unpaired) electrons. The van der Waals surface area contributed by atoms with Crippen LogP contribution >= 0.6 is 0 Å². The van der Waals surface area contributed by atoms with Gasteiger partial charge in [-0.2, -0.15) is 0 Å². The van der Waals surface area contributed by atoms with Gasteiger partial charge >= 0.3 is 0 Å². The Morgan fingerprint density at radius 1 is 1.40 bits per heavy atom. The number of aromatic hydroxyl groups is 1. The van der Waals surface area contributed by atoms with Crippen LogP contribution in [0.25, 0.3) is 0 Å². The molecule has 20 heavy (non-hydrogen) atoms. The molecule has 2 saturated heterocycles. The molecule has 2 fully saturated rings. The van der Waals surface area contributed by atoms with Crippen LogP contribution in [0.1, 0.15) is 36.2 Å². The Bertz CT molecular complexity index is 492. The average molecular weight is 275 g/mol. The van der Waals surface area contributed by atoms with Gasteiger partial charge in [0, 0.05) is 31.2 Å². The van der Waals surface area contributed by atoms with Crippen molar-refractivity contribution in [1.82, 2.24) is 15.2 Å². The first-order chi connectivity index (χ1) is 9.70. The molecule has 108 valence electrons. The zero-order chi connectivity index (χ0) is 14.0. The lowest BCUT2D eigenvalue weighted by molar-refractivity contribution is 0.0426. The first kappa shape index (κ1) is 13.4. The fourth-order valence-electron chi connectivity index (χ4n) is 3.47. The fraction of sp³-hybridized carbons (Fsp3) is 0.600. The van der Waals surface area contributed by atoms with E-state index in [1.54, 1.807) is 12.3 Å². The maximum atomic E-state index is 12.5. The van der Waals surface area contributed by atoms with E-state index < -0.39 is 0 Å². The van der Waals surface area contributed by atoms with Crippen molar-refractivity contribution in [3.8, 4) is 5.75 Å². The highest BCUT2D eigenvalue weighted by Gasteiger charge is 2.38. The molecule has 0 bridgehead atoms. The molecule has 0 aromatic carbocycles. The zero-order valence-electron chi connectivity index (χ0n) is 11.6. The first-order valence-corrected chi connectivity index (χ1v) is 7.34. The predicted octanol–water partition coefficient (Wildman–Crippen LogP) is 1.39. The topological polar surface area (TPSA) is 65.5 Å². The van der Waals surface area contributed by atoms with Crippen LogP contribution in [0.4, 0.5) is 0 Å². The molecule has 3 rings (SSSR count). The minimum absolute atomic E-state index is 0.0288. The molecule has 0 saturated carbocycles. The van der Waals surface area contributed by atoms with E-state index in [2.05, 4.69) is 10.3 Å². The van der Waals surface area contributed by atoms with E-state index in [-0.39, 0.29) is 22.8 Å². The van der Waals surface area contributed by atoms with Crippen molar-refractivity contribution < 1.29 is 9.90 Å². The lowest BCUT2D eigenvalue weighted by Gasteiger charge is -2.45. The van der Waals surface area contributed by atoms with E-state index in [9.17, 15) is 9.90 Å². The molecule has 1 aromatic heterocycles. The summed E-state index contributed by atoms with van der Waals surface area (Å²) >= 11 is 0. The Balaban J connectivity index is 1.77. The summed E-state index contributed by atoms with van der Waals surface area (Å²) in [5.41, 5.74) is 0.393. The second-order valence-electron chi connectivity index (χ2n) is 5.98. The number of aromatic nitrogens is 1. The second-order valence-corrected chi connectivity index (χ2v) is 5.98. The third kappa shape index (κ3) is 2.50. The average Bonchev–Trinajstić information content (AvgIpc) is 2.48. The molecule has 1 aromatic rings. The molecule has 5 heteroatoms. The minimum Gasteiger partial charge on any atom is -0.505 e. The molecule has 2 aliphatic rings. The van der Waals surface area contributed by atoms with Gasteiger partial charge in [0.25, 0.3) is 5.91 Å². The van der Waals surface area contributed by atoms with Crippen molar-refractivity contribution in [3.63, 3.8) is 0 Å². The predicted molar refractivity (Wildman–Crippen MR) is 75.6 cm³/mol. The molecule has 3 heterocycles. The molecule has 1 spiro atoms.